The summed E-state index contributed by atoms with van der Waals surface area (Å²) in [6.45, 7) is 0. The van der Waals surface area contributed by atoms with Crippen molar-refractivity contribution in [3.05, 3.63) is 29.3 Å². The Morgan fingerprint density at radius 2 is 2.08 bits per heavy atom. The summed E-state index contributed by atoms with van der Waals surface area (Å²) in [7, 11) is 0. The van der Waals surface area contributed by atoms with Crippen molar-refractivity contribution in [1.82, 2.24) is 0 Å². The highest BCUT2D eigenvalue weighted by Crippen LogP contribution is 2.39. The Kier molecular flexibility index (Phi) is 2.90. The van der Waals surface area contributed by atoms with Crippen molar-refractivity contribution in [3.8, 4) is 0 Å². The van der Waals surface area contributed by atoms with Gasteiger partial charge in [0.1, 0.15) is 0 Å². The van der Waals surface area contributed by atoms with Crippen molar-refractivity contribution >= 4 is 23.4 Å². The van der Waals surface area contributed by atoms with Crippen LogP contribution in [0.1, 0.15) is 0 Å². The highest BCUT2D eigenvalue weighted by atomic mass is 35.5. The second-order valence-electron chi connectivity index (χ2n) is 1.90. The monoisotopic (exact) mass is 211 g/mol. The molecular formula is C7H3ClF3S. The van der Waals surface area contributed by atoms with Gasteiger partial charge in [0.25, 0.3) is 0 Å². The molecule has 0 nitrogen and oxygen atoms in total. The largest absolute Gasteiger partial charge is 0.446 e. The molecular weight excluding hydrogens is 209 g/mol. The molecule has 0 saturated carbocycles. The quantitative estimate of drug-likeness (QED) is 0.638. The van der Waals surface area contributed by atoms with Gasteiger partial charge in [0.15, 0.2) is 0 Å². The maximum Gasteiger partial charge on any atom is 0.446 e. The molecule has 5 heteroatoms. The molecule has 0 N–H and O–H groups in total. The normalized spacial score (nSPS) is 11.7. The van der Waals surface area contributed by atoms with Crippen LogP contribution >= 0.6 is 23.4 Å². The smallest absolute Gasteiger partial charge is 0.160 e. The minimum absolute atomic E-state index is 0.00270. The standard InChI is InChI=1S/C7H3ClF3S/c8-5-3-1-2-4-6(5)12-7(9,10)11/h2-4H. The van der Waals surface area contributed by atoms with Crippen molar-refractivity contribution in [2.45, 2.75) is 10.4 Å². The van der Waals surface area contributed by atoms with E-state index in [4.69, 9.17) is 11.6 Å². The number of rotatable bonds is 1. The molecule has 1 radical (unpaired) electrons. The number of halogens is 4. The zero-order valence-corrected chi connectivity index (χ0v) is 7.22. The molecule has 0 aromatic heterocycles. The third-order valence-electron chi connectivity index (χ3n) is 1.00. The molecule has 0 aliphatic rings. The van der Waals surface area contributed by atoms with Gasteiger partial charge in [0.05, 0.1) is 5.02 Å². The third-order valence-corrected chi connectivity index (χ3v) is 2.23. The zero-order valence-electron chi connectivity index (χ0n) is 5.65. The Balaban J connectivity index is 2.83. The van der Waals surface area contributed by atoms with Gasteiger partial charge in [0.2, 0.25) is 0 Å². The van der Waals surface area contributed by atoms with Gasteiger partial charge in [-0.2, -0.15) is 13.2 Å². The summed E-state index contributed by atoms with van der Waals surface area (Å²) in [4.78, 5) is 0.00270. The maximum absolute atomic E-state index is 11.8. The molecule has 0 fully saturated rings. The molecule has 0 spiro atoms. The molecule has 0 aliphatic heterocycles. The van der Waals surface area contributed by atoms with Crippen molar-refractivity contribution in [2.24, 2.45) is 0 Å². The van der Waals surface area contributed by atoms with E-state index in [1.54, 1.807) is 0 Å². The second kappa shape index (κ2) is 3.58. The molecule has 65 valence electrons. The van der Waals surface area contributed by atoms with E-state index in [1.165, 1.54) is 18.2 Å². The van der Waals surface area contributed by atoms with Crippen LogP contribution in [0.15, 0.2) is 23.1 Å². The van der Waals surface area contributed by atoms with Crippen LogP contribution in [0.4, 0.5) is 13.2 Å². The molecule has 0 atom stereocenters. The lowest BCUT2D eigenvalue weighted by atomic mass is 10.4. The van der Waals surface area contributed by atoms with Crippen LogP contribution in [0.3, 0.4) is 0 Å². The van der Waals surface area contributed by atoms with Gasteiger partial charge in [-0.1, -0.05) is 17.7 Å². The zero-order chi connectivity index (χ0) is 9.19. The van der Waals surface area contributed by atoms with Gasteiger partial charge in [-0.05, 0) is 30.0 Å². The molecule has 0 unspecified atom stereocenters. The second-order valence-corrected chi connectivity index (χ2v) is 3.42. The minimum atomic E-state index is -4.29. The lowest BCUT2D eigenvalue weighted by Crippen LogP contribution is -1.98. The van der Waals surface area contributed by atoms with Crippen molar-refractivity contribution in [1.29, 1.82) is 0 Å². The highest BCUT2D eigenvalue weighted by molar-refractivity contribution is 8.00. The summed E-state index contributed by atoms with van der Waals surface area (Å²) >= 11 is 5.25. The van der Waals surface area contributed by atoms with E-state index in [9.17, 15) is 13.2 Å². The number of alkyl halides is 3. The van der Waals surface area contributed by atoms with Crippen LogP contribution in [0.25, 0.3) is 0 Å². The van der Waals surface area contributed by atoms with Gasteiger partial charge in [-0.3, -0.25) is 0 Å². The summed E-state index contributed by atoms with van der Waals surface area (Å²) in [5.74, 6) is 0. The fourth-order valence-electron chi connectivity index (χ4n) is 0.603. The van der Waals surface area contributed by atoms with E-state index < -0.39 is 5.51 Å². The van der Waals surface area contributed by atoms with Crippen LogP contribution < -0.4 is 0 Å². The van der Waals surface area contributed by atoms with E-state index in [2.05, 4.69) is 6.07 Å². The fraction of sp³-hybridized carbons (Fsp3) is 0.143. The first-order valence-electron chi connectivity index (χ1n) is 2.90. The van der Waals surface area contributed by atoms with Crippen molar-refractivity contribution in [2.75, 3.05) is 0 Å². The average molecular weight is 212 g/mol. The first-order chi connectivity index (χ1) is 5.49. The van der Waals surface area contributed by atoms with E-state index in [1.807, 2.05) is 0 Å². The van der Waals surface area contributed by atoms with Gasteiger partial charge < -0.3 is 0 Å². The Bertz CT molecular complexity index is 272. The Morgan fingerprint density at radius 3 is 2.58 bits per heavy atom. The number of hydrogen-bond acceptors (Lipinski definition) is 1. The van der Waals surface area contributed by atoms with Crippen molar-refractivity contribution in [3.63, 3.8) is 0 Å². The number of hydrogen-bond donors (Lipinski definition) is 0. The van der Waals surface area contributed by atoms with Crippen LogP contribution in [0.2, 0.25) is 5.02 Å². The van der Waals surface area contributed by atoms with Crippen LogP contribution in [-0.4, -0.2) is 5.51 Å². The number of thioether (sulfide) groups is 1. The Morgan fingerprint density at radius 1 is 1.42 bits per heavy atom. The lowest BCUT2D eigenvalue weighted by Gasteiger charge is -2.05. The maximum atomic E-state index is 11.8. The molecule has 1 aromatic rings. The molecule has 0 bridgehead atoms. The minimum Gasteiger partial charge on any atom is -0.160 e. The predicted molar refractivity (Wildman–Crippen MR) is 42.2 cm³/mol. The topological polar surface area (TPSA) is 0 Å². The van der Waals surface area contributed by atoms with E-state index in [0.29, 0.717) is 0 Å². The lowest BCUT2D eigenvalue weighted by molar-refractivity contribution is -0.0328. The Hall–Kier alpha value is -0.350. The van der Waals surface area contributed by atoms with Gasteiger partial charge in [-0.15, -0.1) is 0 Å². The van der Waals surface area contributed by atoms with Crippen molar-refractivity contribution < 1.29 is 13.2 Å². The first kappa shape index (κ1) is 9.74. The highest BCUT2D eigenvalue weighted by Gasteiger charge is 2.29. The summed E-state index contributed by atoms with van der Waals surface area (Å²) in [6.07, 6.45) is 0. The van der Waals surface area contributed by atoms with Crippen LogP contribution in [0.5, 0.6) is 0 Å². The summed E-state index contributed by atoms with van der Waals surface area (Å²) < 4.78 is 35.4. The van der Waals surface area contributed by atoms with E-state index in [0.717, 1.165) is 0 Å². The van der Waals surface area contributed by atoms with Gasteiger partial charge >= 0.3 is 5.51 Å². The first-order valence-corrected chi connectivity index (χ1v) is 4.10. The molecule has 12 heavy (non-hydrogen) atoms. The summed E-state index contributed by atoms with van der Waals surface area (Å²) in [6, 6.07) is 6.54. The molecule has 0 aliphatic carbocycles. The average Bonchev–Trinajstić information content (AvgIpc) is 1.91. The Labute approximate surface area is 76.7 Å². The molecule has 1 aromatic carbocycles. The molecule has 0 amide bonds. The molecule has 0 heterocycles. The van der Waals surface area contributed by atoms with Gasteiger partial charge in [-0.25, -0.2) is 0 Å². The fourth-order valence-corrected chi connectivity index (χ4v) is 1.39. The third kappa shape index (κ3) is 2.95. The van der Waals surface area contributed by atoms with E-state index >= 15 is 0 Å². The number of benzene rings is 1. The predicted octanol–water partition coefficient (Wildman–Crippen LogP) is 3.75. The molecule has 0 saturated heterocycles. The molecule has 1 rings (SSSR count). The van der Waals surface area contributed by atoms with E-state index in [-0.39, 0.29) is 21.7 Å². The van der Waals surface area contributed by atoms with Crippen LogP contribution in [0, 0.1) is 6.07 Å². The van der Waals surface area contributed by atoms with Gasteiger partial charge in [0, 0.05) is 4.90 Å². The SMILES string of the molecule is FC(F)(F)Sc1cc[c]cc1Cl. The summed E-state index contributed by atoms with van der Waals surface area (Å²) in [5.41, 5.74) is -4.29. The summed E-state index contributed by atoms with van der Waals surface area (Å²) in [5, 5.41) is 0.0693. The van der Waals surface area contributed by atoms with Crippen LogP contribution in [-0.2, 0) is 0 Å².